The van der Waals surface area contributed by atoms with Gasteiger partial charge in [-0.2, -0.15) is 0 Å². The van der Waals surface area contributed by atoms with E-state index in [2.05, 4.69) is 11.8 Å². The average molecular weight is 419 g/mol. The molecule has 3 rings (SSSR count). The first-order valence-corrected chi connectivity index (χ1v) is 10.8. The molecule has 0 saturated carbocycles. The van der Waals surface area contributed by atoms with E-state index in [-0.39, 0.29) is 22.4 Å². The number of rotatable bonds is 9. The second-order valence-electron chi connectivity index (χ2n) is 7.86. The monoisotopic (exact) mass is 418 g/mol. The van der Waals surface area contributed by atoms with E-state index in [4.69, 9.17) is 0 Å². The predicted molar refractivity (Wildman–Crippen MR) is 115 cm³/mol. The summed E-state index contributed by atoms with van der Waals surface area (Å²) in [5.74, 6) is -2.78. The maximum atomic E-state index is 14.8. The molecular weight excluding hydrogens is 389 g/mol. The Bertz CT molecular complexity index is 864. The van der Waals surface area contributed by atoms with Crippen molar-refractivity contribution in [3.63, 3.8) is 0 Å². The Kier molecular flexibility index (Phi) is 7.91. The molecule has 1 saturated heterocycles. The highest BCUT2D eigenvalue weighted by Crippen LogP contribution is 2.32. The first-order chi connectivity index (χ1) is 14.5. The van der Waals surface area contributed by atoms with Crippen LogP contribution in [0.15, 0.2) is 30.3 Å². The van der Waals surface area contributed by atoms with E-state index >= 15 is 0 Å². The molecule has 3 nitrogen and oxygen atoms in total. The van der Waals surface area contributed by atoms with Gasteiger partial charge in [-0.15, -0.1) is 0 Å². The van der Waals surface area contributed by atoms with Crippen LogP contribution >= 0.6 is 0 Å². The minimum atomic E-state index is -1.07. The first-order valence-electron chi connectivity index (χ1n) is 10.8. The fourth-order valence-electron chi connectivity index (χ4n) is 3.97. The van der Waals surface area contributed by atoms with Crippen LogP contribution in [0.4, 0.5) is 18.9 Å². The van der Waals surface area contributed by atoms with Crippen LogP contribution in [0.5, 0.6) is 0 Å². The maximum absolute atomic E-state index is 14.8. The van der Waals surface area contributed by atoms with Crippen molar-refractivity contribution in [3.05, 3.63) is 53.3 Å². The Balaban J connectivity index is 1.65. The number of benzene rings is 2. The maximum Gasteiger partial charge on any atom is 0.182 e. The van der Waals surface area contributed by atoms with Gasteiger partial charge >= 0.3 is 0 Å². The van der Waals surface area contributed by atoms with Gasteiger partial charge in [0.05, 0.1) is 5.69 Å². The quantitative estimate of drug-likeness (QED) is 0.387. The SMILES string of the molecule is CCCCCCCN1CCN(c2ccc(-c3ccc(C=O)cc3F)c(F)c2F)CC1. The number of unbranched alkanes of at least 4 members (excludes halogenated alkanes) is 4. The standard InChI is InChI=1S/C24H29F3N2O/c1-2-3-4-5-6-11-28-12-14-29(15-13-28)22-10-9-20(23(26)24(22)27)19-8-7-18(17-30)16-21(19)25/h7-10,16-17H,2-6,11-15H2,1H3. The van der Waals surface area contributed by atoms with Crippen LogP contribution in [0.1, 0.15) is 49.4 Å². The van der Waals surface area contributed by atoms with Gasteiger partial charge in [0.25, 0.3) is 0 Å². The van der Waals surface area contributed by atoms with Crippen molar-refractivity contribution in [3.8, 4) is 11.1 Å². The molecule has 2 aromatic carbocycles. The zero-order chi connectivity index (χ0) is 21.5. The van der Waals surface area contributed by atoms with Crippen molar-refractivity contribution in [2.75, 3.05) is 37.6 Å². The van der Waals surface area contributed by atoms with Crippen LogP contribution in [0.3, 0.4) is 0 Å². The Morgan fingerprint density at radius 3 is 2.23 bits per heavy atom. The largest absolute Gasteiger partial charge is 0.367 e. The lowest BCUT2D eigenvalue weighted by Crippen LogP contribution is -2.47. The minimum absolute atomic E-state index is 0.0588. The van der Waals surface area contributed by atoms with Gasteiger partial charge < -0.3 is 4.90 Å². The number of hydrogen-bond donors (Lipinski definition) is 0. The highest BCUT2D eigenvalue weighted by atomic mass is 19.2. The fourth-order valence-corrected chi connectivity index (χ4v) is 3.97. The van der Waals surface area contributed by atoms with E-state index in [0.29, 0.717) is 19.4 Å². The van der Waals surface area contributed by atoms with Crippen molar-refractivity contribution < 1.29 is 18.0 Å². The Morgan fingerprint density at radius 1 is 0.867 bits per heavy atom. The lowest BCUT2D eigenvalue weighted by Gasteiger charge is -2.36. The molecule has 162 valence electrons. The molecule has 0 N–H and O–H groups in total. The van der Waals surface area contributed by atoms with Crippen LogP contribution in [-0.4, -0.2) is 43.9 Å². The number of anilines is 1. The first kappa shape index (κ1) is 22.3. The van der Waals surface area contributed by atoms with E-state index in [9.17, 15) is 18.0 Å². The van der Waals surface area contributed by atoms with Crippen LogP contribution in [0.25, 0.3) is 11.1 Å². The summed E-state index contributed by atoms with van der Waals surface area (Å²) in [7, 11) is 0. The van der Waals surface area contributed by atoms with Crippen molar-refractivity contribution >= 4 is 12.0 Å². The van der Waals surface area contributed by atoms with E-state index in [1.54, 1.807) is 0 Å². The van der Waals surface area contributed by atoms with E-state index in [1.165, 1.54) is 56.4 Å². The smallest absolute Gasteiger partial charge is 0.182 e. The molecule has 0 unspecified atom stereocenters. The van der Waals surface area contributed by atoms with Gasteiger partial charge in [-0.05, 0) is 31.2 Å². The molecule has 6 heteroatoms. The highest BCUT2D eigenvalue weighted by Gasteiger charge is 2.23. The topological polar surface area (TPSA) is 23.6 Å². The molecule has 1 heterocycles. The third kappa shape index (κ3) is 5.22. The predicted octanol–water partition coefficient (Wildman–Crippen LogP) is 5.68. The van der Waals surface area contributed by atoms with Crippen LogP contribution in [-0.2, 0) is 0 Å². The minimum Gasteiger partial charge on any atom is -0.367 e. The second kappa shape index (κ2) is 10.6. The molecule has 0 spiro atoms. The fraction of sp³-hybridized carbons (Fsp3) is 0.458. The van der Waals surface area contributed by atoms with Gasteiger partial charge in [0.1, 0.15) is 12.1 Å². The summed E-state index contributed by atoms with van der Waals surface area (Å²) in [6, 6.07) is 6.64. The highest BCUT2D eigenvalue weighted by molar-refractivity contribution is 5.77. The van der Waals surface area contributed by atoms with Crippen LogP contribution in [0.2, 0.25) is 0 Å². The summed E-state index contributed by atoms with van der Waals surface area (Å²) in [6.07, 6.45) is 6.70. The van der Waals surface area contributed by atoms with Crippen LogP contribution in [0, 0.1) is 17.5 Å². The number of carbonyl (C=O) groups excluding carboxylic acids is 1. The number of piperazine rings is 1. The molecule has 30 heavy (non-hydrogen) atoms. The Hall–Kier alpha value is -2.34. The normalized spacial score (nSPS) is 14.9. The van der Waals surface area contributed by atoms with Gasteiger partial charge in [0.15, 0.2) is 11.6 Å². The van der Waals surface area contributed by atoms with E-state index < -0.39 is 17.5 Å². The van der Waals surface area contributed by atoms with Crippen molar-refractivity contribution in [2.45, 2.75) is 39.0 Å². The van der Waals surface area contributed by atoms with Gasteiger partial charge in [0.2, 0.25) is 0 Å². The Morgan fingerprint density at radius 2 is 1.57 bits per heavy atom. The summed E-state index contributed by atoms with van der Waals surface area (Å²) in [6.45, 7) is 6.15. The van der Waals surface area contributed by atoms with Gasteiger partial charge in [0, 0.05) is 42.9 Å². The lowest BCUT2D eigenvalue weighted by atomic mass is 10.0. The molecule has 0 radical (unpaired) electrons. The second-order valence-corrected chi connectivity index (χ2v) is 7.86. The third-order valence-electron chi connectivity index (χ3n) is 5.77. The molecule has 1 aliphatic rings. The molecule has 0 aliphatic carbocycles. The van der Waals surface area contributed by atoms with Gasteiger partial charge in [-0.3, -0.25) is 9.69 Å². The summed E-state index contributed by atoms with van der Waals surface area (Å²) in [5.41, 5.74) is 0.161. The molecule has 1 fully saturated rings. The summed E-state index contributed by atoms with van der Waals surface area (Å²) in [4.78, 5) is 15.0. The zero-order valence-electron chi connectivity index (χ0n) is 17.5. The van der Waals surface area contributed by atoms with Gasteiger partial charge in [-0.1, -0.05) is 44.7 Å². The Labute approximate surface area is 176 Å². The van der Waals surface area contributed by atoms with Crippen molar-refractivity contribution in [1.82, 2.24) is 4.90 Å². The summed E-state index contributed by atoms with van der Waals surface area (Å²) < 4.78 is 43.8. The van der Waals surface area contributed by atoms with E-state index in [0.717, 1.165) is 25.7 Å². The molecule has 0 amide bonds. The number of hydrogen-bond acceptors (Lipinski definition) is 3. The molecule has 0 bridgehead atoms. The van der Waals surface area contributed by atoms with E-state index in [1.807, 2.05) is 4.90 Å². The average Bonchev–Trinajstić information content (AvgIpc) is 2.76. The van der Waals surface area contributed by atoms with Gasteiger partial charge in [-0.25, -0.2) is 13.2 Å². The number of carbonyl (C=O) groups is 1. The molecule has 0 atom stereocenters. The van der Waals surface area contributed by atoms with Crippen LogP contribution < -0.4 is 4.90 Å². The summed E-state index contributed by atoms with van der Waals surface area (Å²) >= 11 is 0. The number of halogens is 3. The van der Waals surface area contributed by atoms with Crippen molar-refractivity contribution in [2.24, 2.45) is 0 Å². The number of nitrogens with zero attached hydrogens (tertiary/aromatic N) is 2. The zero-order valence-corrected chi connectivity index (χ0v) is 17.5. The lowest BCUT2D eigenvalue weighted by molar-refractivity contribution is 0.112. The molecule has 2 aromatic rings. The molecule has 1 aliphatic heterocycles. The summed E-state index contributed by atoms with van der Waals surface area (Å²) in [5, 5.41) is 0. The number of aldehydes is 1. The van der Waals surface area contributed by atoms with Crippen molar-refractivity contribution in [1.29, 1.82) is 0 Å². The third-order valence-corrected chi connectivity index (χ3v) is 5.77. The molecular formula is C24H29F3N2O. The molecule has 0 aromatic heterocycles.